The number of aryl methyl sites for hydroxylation is 1. The summed E-state index contributed by atoms with van der Waals surface area (Å²) < 4.78 is 5.29. The fraction of sp³-hybridized carbons (Fsp3) is 0.462. The molecule has 0 saturated carbocycles. The lowest BCUT2D eigenvalue weighted by atomic mass is 10.1. The van der Waals surface area contributed by atoms with Crippen LogP contribution >= 0.6 is 11.6 Å². The molecule has 6 heteroatoms. The zero-order valence-electron chi connectivity index (χ0n) is 10.9. The molecule has 0 aliphatic rings. The molecule has 1 amide bonds. The van der Waals surface area contributed by atoms with Crippen molar-refractivity contribution in [2.45, 2.75) is 19.4 Å². The van der Waals surface area contributed by atoms with E-state index >= 15 is 0 Å². The van der Waals surface area contributed by atoms with Gasteiger partial charge in [0.2, 0.25) is 0 Å². The van der Waals surface area contributed by atoms with Gasteiger partial charge in [-0.15, -0.1) is 0 Å². The average Bonchev–Trinajstić information content (AvgIpc) is 2.37. The highest BCUT2D eigenvalue weighted by Gasteiger charge is 2.19. The Labute approximate surface area is 117 Å². The van der Waals surface area contributed by atoms with E-state index in [0.29, 0.717) is 10.8 Å². The van der Waals surface area contributed by atoms with Crippen molar-refractivity contribution < 1.29 is 19.7 Å². The van der Waals surface area contributed by atoms with Gasteiger partial charge in [-0.25, -0.2) is 0 Å². The summed E-state index contributed by atoms with van der Waals surface area (Å²) in [7, 11) is 0. The zero-order chi connectivity index (χ0) is 14.5. The van der Waals surface area contributed by atoms with Gasteiger partial charge in [0.05, 0.1) is 11.6 Å². The third-order valence-electron chi connectivity index (χ3n) is 2.45. The first-order valence-corrected chi connectivity index (χ1v) is 6.21. The SMILES string of the molecule is Cc1ccc(Cl)c(OCC(=O)NCC(C)(O)CO)c1. The number of benzene rings is 1. The third-order valence-corrected chi connectivity index (χ3v) is 2.76. The van der Waals surface area contributed by atoms with E-state index in [2.05, 4.69) is 5.32 Å². The minimum absolute atomic E-state index is 0.0484. The van der Waals surface area contributed by atoms with Gasteiger partial charge in [-0.05, 0) is 31.5 Å². The second-order valence-electron chi connectivity index (χ2n) is 4.65. The Hall–Kier alpha value is -1.30. The van der Waals surface area contributed by atoms with Gasteiger partial charge in [-0.2, -0.15) is 0 Å². The van der Waals surface area contributed by atoms with E-state index in [1.165, 1.54) is 6.92 Å². The number of carbonyl (C=O) groups is 1. The minimum Gasteiger partial charge on any atom is -0.482 e. The molecule has 1 aromatic rings. The number of amides is 1. The van der Waals surface area contributed by atoms with E-state index in [0.717, 1.165) is 5.56 Å². The summed E-state index contributed by atoms with van der Waals surface area (Å²) in [6.07, 6.45) is 0. The molecule has 0 aliphatic heterocycles. The van der Waals surface area contributed by atoms with Crippen molar-refractivity contribution in [3.05, 3.63) is 28.8 Å². The number of aliphatic hydroxyl groups excluding tert-OH is 1. The molecule has 0 spiro atoms. The van der Waals surface area contributed by atoms with E-state index in [9.17, 15) is 9.90 Å². The largest absolute Gasteiger partial charge is 0.482 e. The van der Waals surface area contributed by atoms with Crippen LogP contribution in [0.1, 0.15) is 12.5 Å². The Bertz CT molecular complexity index is 448. The fourth-order valence-electron chi connectivity index (χ4n) is 1.26. The summed E-state index contributed by atoms with van der Waals surface area (Å²) in [6, 6.07) is 5.27. The summed E-state index contributed by atoms with van der Waals surface area (Å²) in [5.41, 5.74) is -0.362. The predicted molar refractivity (Wildman–Crippen MR) is 72.4 cm³/mol. The van der Waals surface area contributed by atoms with Crippen molar-refractivity contribution in [3.8, 4) is 5.75 Å². The fourth-order valence-corrected chi connectivity index (χ4v) is 1.43. The number of ether oxygens (including phenoxy) is 1. The molecule has 19 heavy (non-hydrogen) atoms. The summed E-state index contributed by atoms with van der Waals surface area (Å²) in [5, 5.41) is 21.2. The number of halogens is 1. The van der Waals surface area contributed by atoms with Crippen molar-refractivity contribution in [2.75, 3.05) is 19.8 Å². The number of carbonyl (C=O) groups excluding carboxylic acids is 1. The van der Waals surface area contributed by atoms with Gasteiger partial charge in [0.15, 0.2) is 6.61 Å². The second-order valence-corrected chi connectivity index (χ2v) is 5.06. The molecule has 3 N–H and O–H groups in total. The standard InChI is InChI=1S/C13H18ClNO4/c1-9-3-4-10(14)11(5-9)19-6-12(17)15-7-13(2,18)8-16/h3-5,16,18H,6-8H2,1-2H3,(H,15,17). The van der Waals surface area contributed by atoms with E-state index in [-0.39, 0.29) is 13.2 Å². The van der Waals surface area contributed by atoms with Gasteiger partial charge in [-0.1, -0.05) is 17.7 Å². The van der Waals surface area contributed by atoms with Crippen molar-refractivity contribution in [1.82, 2.24) is 5.32 Å². The normalized spacial score (nSPS) is 13.7. The Morgan fingerprint density at radius 3 is 2.84 bits per heavy atom. The Morgan fingerprint density at radius 2 is 2.21 bits per heavy atom. The molecule has 1 rings (SSSR count). The summed E-state index contributed by atoms with van der Waals surface area (Å²) >= 11 is 5.92. The highest BCUT2D eigenvalue weighted by molar-refractivity contribution is 6.32. The van der Waals surface area contributed by atoms with E-state index < -0.39 is 18.1 Å². The molecule has 0 fully saturated rings. The van der Waals surface area contributed by atoms with Gasteiger partial charge in [0.25, 0.3) is 5.91 Å². The van der Waals surface area contributed by atoms with Gasteiger partial charge in [0, 0.05) is 6.54 Å². The topological polar surface area (TPSA) is 78.8 Å². The molecule has 0 bridgehead atoms. The van der Waals surface area contributed by atoms with Crippen LogP contribution in [0.3, 0.4) is 0 Å². The number of aliphatic hydroxyl groups is 2. The van der Waals surface area contributed by atoms with Crippen LogP contribution in [0, 0.1) is 6.92 Å². The van der Waals surface area contributed by atoms with Gasteiger partial charge in [0.1, 0.15) is 11.4 Å². The molecule has 106 valence electrons. The number of hydrogen-bond acceptors (Lipinski definition) is 4. The Balaban J connectivity index is 2.44. The smallest absolute Gasteiger partial charge is 0.258 e. The molecule has 1 unspecified atom stereocenters. The highest BCUT2D eigenvalue weighted by Crippen LogP contribution is 2.24. The molecule has 0 aromatic heterocycles. The number of rotatable bonds is 6. The maximum absolute atomic E-state index is 11.5. The predicted octanol–water partition coefficient (Wildman–Crippen LogP) is 0.887. The van der Waals surface area contributed by atoms with E-state index in [1.54, 1.807) is 12.1 Å². The second kappa shape index (κ2) is 6.75. The third kappa shape index (κ3) is 5.46. The van der Waals surface area contributed by atoms with Crippen LogP contribution in [0.25, 0.3) is 0 Å². The maximum atomic E-state index is 11.5. The maximum Gasteiger partial charge on any atom is 0.258 e. The summed E-state index contributed by atoms with van der Waals surface area (Å²) in [5.74, 6) is 0.0389. The molecular formula is C13H18ClNO4. The van der Waals surface area contributed by atoms with Crippen LogP contribution < -0.4 is 10.1 Å². The van der Waals surface area contributed by atoms with Crippen molar-refractivity contribution in [1.29, 1.82) is 0 Å². The average molecular weight is 288 g/mol. The first-order valence-electron chi connectivity index (χ1n) is 5.83. The lowest BCUT2D eigenvalue weighted by Gasteiger charge is -2.20. The van der Waals surface area contributed by atoms with Crippen LogP contribution in [-0.2, 0) is 4.79 Å². The van der Waals surface area contributed by atoms with Gasteiger partial charge in [-0.3, -0.25) is 4.79 Å². The molecular weight excluding hydrogens is 270 g/mol. The monoisotopic (exact) mass is 287 g/mol. The van der Waals surface area contributed by atoms with Crippen molar-refractivity contribution in [2.24, 2.45) is 0 Å². The summed E-state index contributed by atoms with van der Waals surface area (Å²) in [4.78, 5) is 11.5. The molecule has 5 nitrogen and oxygen atoms in total. The summed E-state index contributed by atoms with van der Waals surface area (Å²) in [6.45, 7) is 2.63. The van der Waals surface area contributed by atoms with Crippen LogP contribution in [0.2, 0.25) is 5.02 Å². The van der Waals surface area contributed by atoms with E-state index in [4.69, 9.17) is 21.4 Å². The van der Waals surface area contributed by atoms with Crippen LogP contribution in [0.5, 0.6) is 5.75 Å². The molecule has 0 radical (unpaired) electrons. The van der Waals surface area contributed by atoms with Crippen molar-refractivity contribution >= 4 is 17.5 Å². The lowest BCUT2D eigenvalue weighted by Crippen LogP contribution is -2.44. The molecule has 1 aromatic carbocycles. The van der Waals surface area contributed by atoms with Crippen LogP contribution in [-0.4, -0.2) is 41.5 Å². The molecule has 0 heterocycles. The van der Waals surface area contributed by atoms with Crippen LogP contribution in [0.4, 0.5) is 0 Å². The zero-order valence-corrected chi connectivity index (χ0v) is 11.7. The molecule has 0 saturated heterocycles. The van der Waals surface area contributed by atoms with Crippen LogP contribution in [0.15, 0.2) is 18.2 Å². The number of hydrogen-bond donors (Lipinski definition) is 3. The van der Waals surface area contributed by atoms with Crippen molar-refractivity contribution in [3.63, 3.8) is 0 Å². The van der Waals surface area contributed by atoms with Gasteiger partial charge >= 0.3 is 0 Å². The lowest BCUT2D eigenvalue weighted by molar-refractivity contribution is -0.124. The Kier molecular flexibility index (Phi) is 5.60. The quantitative estimate of drug-likeness (QED) is 0.726. The van der Waals surface area contributed by atoms with Gasteiger partial charge < -0.3 is 20.3 Å². The molecule has 0 aliphatic carbocycles. The first-order chi connectivity index (χ1) is 8.84. The number of nitrogens with one attached hydrogen (secondary N) is 1. The first kappa shape index (κ1) is 15.8. The van der Waals surface area contributed by atoms with E-state index in [1.807, 2.05) is 13.0 Å². The minimum atomic E-state index is -1.34. The molecule has 1 atom stereocenters. The Morgan fingerprint density at radius 1 is 1.53 bits per heavy atom. The highest BCUT2D eigenvalue weighted by atomic mass is 35.5.